The minimum atomic E-state index is 0.729. The van der Waals surface area contributed by atoms with Crippen LogP contribution >= 0.6 is 11.6 Å². The molecule has 1 aromatic carbocycles. The van der Waals surface area contributed by atoms with Crippen molar-refractivity contribution in [2.45, 2.75) is 6.92 Å². The van der Waals surface area contributed by atoms with E-state index in [1.54, 1.807) is 6.20 Å². The zero-order valence-electron chi connectivity index (χ0n) is 7.24. The van der Waals surface area contributed by atoms with Crippen molar-refractivity contribution in [2.75, 3.05) is 0 Å². The average Bonchev–Trinajstić information content (AvgIpc) is 2.51. The van der Waals surface area contributed by atoms with E-state index in [1.807, 2.05) is 41.9 Å². The molecule has 66 valence electrons. The highest BCUT2D eigenvalue weighted by atomic mass is 35.5. The van der Waals surface area contributed by atoms with Crippen molar-refractivity contribution in [2.24, 2.45) is 0 Å². The van der Waals surface area contributed by atoms with Crippen LogP contribution in [0.2, 0.25) is 5.02 Å². The number of benzene rings is 1. The zero-order chi connectivity index (χ0) is 9.26. The molecule has 2 aromatic rings. The summed E-state index contributed by atoms with van der Waals surface area (Å²) in [5.74, 6) is 0. The number of hydrogen-bond donors (Lipinski definition) is 0. The Balaban J connectivity index is 2.53. The minimum Gasteiger partial charge on any atom is -0.238 e. The van der Waals surface area contributed by atoms with Crippen molar-refractivity contribution in [3.8, 4) is 5.69 Å². The molecule has 1 aromatic heterocycles. The Morgan fingerprint density at radius 3 is 2.77 bits per heavy atom. The van der Waals surface area contributed by atoms with Crippen LogP contribution in [0.15, 0.2) is 36.5 Å². The molecule has 1 heterocycles. The maximum atomic E-state index is 5.87. The fourth-order valence-electron chi connectivity index (χ4n) is 1.25. The standard InChI is InChI=1S/C10H9ClN2/c1-8-5-6-12-13(8)10-4-2-3-9(11)7-10/h2-7H,1H3. The molecule has 0 spiro atoms. The Morgan fingerprint density at radius 2 is 2.15 bits per heavy atom. The van der Waals surface area contributed by atoms with Gasteiger partial charge in [0.2, 0.25) is 0 Å². The van der Waals surface area contributed by atoms with Crippen LogP contribution in [0.4, 0.5) is 0 Å². The lowest BCUT2D eigenvalue weighted by Gasteiger charge is -2.03. The third-order valence-corrected chi connectivity index (χ3v) is 2.12. The third kappa shape index (κ3) is 1.58. The van der Waals surface area contributed by atoms with E-state index in [9.17, 15) is 0 Å². The van der Waals surface area contributed by atoms with Gasteiger partial charge in [-0.3, -0.25) is 0 Å². The SMILES string of the molecule is Cc1ccnn1-c1cccc(Cl)c1. The van der Waals surface area contributed by atoms with Gasteiger partial charge >= 0.3 is 0 Å². The molecule has 0 amide bonds. The molecule has 0 N–H and O–H groups in total. The van der Waals surface area contributed by atoms with Crippen LogP contribution in [0.25, 0.3) is 5.69 Å². The fourth-order valence-corrected chi connectivity index (χ4v) is 1.43. The first-order chi connectivity index (χ1) is 6.27. The van der Waals surface area contributed by atoms with Gasteiger partial charge in [-0.2, -0.15) is 5.10 Å². The van der Waals surface area contributed by atoms with Crippen LogP contribution < -0.4 is 0 Å². The van der Waals surface area contributed by atoms with Gasteiger partial charge in [-0.25, -0.2) is 4.68 Å². The van der Waals surface area contributed by atoms with Crippen LogP contribution in [-0.4, -0.2) is 9.78 Å². The van der Waals surface area contributed by atoms with E-state index in [1.165, 1.54) is 0 Å². The molecule has 0 aliphatic rings. The third-order valence-electron chi connectivity index (χ3n) is 1.88. The molecule has 0 radical (unpaired) electrons. The molecule has 2 rings (SSSR count). The highest BCUT2D eigenvalue weighted by Gasteiger charge is 1.99. The van der Waals surface area contributed by atoms with Gasteiger partial charge in [0.05, 0.1) is 5.69 Å². The summed E-state index contributed by atoms with van der Waals surface area (Å²) in [7, 11) is 0. The molecule has 0 aliphatic carbocycles. The van der Waals surface area contributed by atoms with E-state index in [4.69, 9.17) is 11.6 Å². The number of nitrogens with zero attached hydrogens (tertiary/aromatic N) is 2. The van der Waals surface area contributed by atoms with Gasteiger partial charge < -0.3 is 0 Å². The summed E-state index contributed by atoms with van der Waals surface area (Å²) in [4.78, 5) is 0. The fraction of sp³-hybridized carbons (Fsp3) is 0.100. The maximum Gasteiger partial charge on any atom is 0.0663 e. The lowest BCUT2D eigenvalue weighted by molar-refractivity contribution is 0.847. The highest BCUT2D eigenvalue weighted by molar-refractivity contribution is 6.30. The van der Waals surface area contributed by atoms with Crippen LogP contribution in [0.3, 0.4) is 0 Å². The molecule has 0 atom stereocenters. The predicted molar refractivity (Wildman–Crippen MR) is 53.3 cm³/mol. The van der Waals surface area contributed by atoms with Gasteiger partial charge in [0.25, 0.3) is 0 Å². The predicted octanol–water partition coefficient (Wildman–Crippen LogP) is 2.83. The first-order valence-electron chi connectivity index (χ1n) is 4.04. The Labute approximate surface area is 81.8 Å². The second kappa shape index (κ2) is 3.23. The van der Waals surface area contributed by atoms with Crippen molar-refractivity contribution >= 4 is 11.6 Å². The molecule has 0 bridgehead atoms. The van der Waals surface area contributed by atoms with Crippen LogP contribution in [-0.2, 0) is 0 Å². The number of rotatable bonds is 1. The summed E-state index contributed by atoms with van der Waals surface area (Å²) in [6, 6.07) is 9.59. The van der Waals surface area contributed by atoms with Crippen LogP contribution in [0, 0.1) is 6.92 Å². The van der Waals surface area contributed by atoms with Gasteiger partial charge in [0, 0.05) is 16.9 Å². The summed E-state index contributed by atoms with van der Waals surface area (Å²) in [6.07, 6.45) is 1.77. The van der Waals surface area contributed by atoms with Crippen LogP contribution in [0.1, 0.15) is 5.69 Å². The number of aryl methyl sites for hydroxylation is 1. The first kappa shape index (κ1) is 8.32. The van der Waals surface area contributed by atoms with Gasteiger partial charge in [-0.05, 0) is 31.2 Å². The van der Waals surface area contributed by atoms with Gasteiger partial charge in [0.15, 0.2) is 0 Å². The quantitative estimate of drug-likeness (QED) is 0.680. The molecular weight excluding hydrogens is 184 g/mol. The summed E-state index contributed by atoms with van der Waals surface area (Å²) >= 11 is 5.87. The van der Waals surface area contributed by atoms with E-state index < -0.39 is 0 Å². The smallest absolute Gasteiger partial charge is 0.0663 e. The molecule has 0 aliphatic heterocycles. The van der Waals surface area contributed by atoms with Crippen LogP contribution in [0.5, 0.6) is 0 Å². The van der Waals surface area contributed by atoms with Crippen molar-refractivity contribution in [1.29, 1.82) is 0 Å². The molecule has 0 fully saturated rings. The molecule has 0 unspecified atom stereocenters. The van der Waals surface area contributed by atoms with Gasteiger partial charge in [0.1, 0.15) is 0 Å². The molecule has 3 heteroatoms. The Kier molecular flexibility index (Phi) is 2.07. The van der Waals surface area contributed by atoms with Gasteiger partial charge in [-0.15, -0.1) is 0 Å². The summed E-state index contributed by atoms with van der Waals surface area (Å²) in [5, 5.41) is 4.91. The number of aromatic nitrogens is 2. The first-order valence-corrected chi connectivity index (χ1v) is 4.42. The highest BCUT2D eigenvalue weighted by Crippen LogP contribution is 2.15. The topological polar surface area (TPSA) is 17.8 Å². The summed E-state index contributed by atoms with van der Waals surface area (Å²) < 4.78 is 1.85. The Hall–Kier alpha value is -1.28. The minimum absolute atomic E-state index is 0.729. The lowest BCUT2D eigenvalue weighted by Crippen LogP contribution is -1.97. The van der Waals surface area contributed by atoms with Crippen molar-refractivity contribution in [3.05, 3.63) is 47.2 Å². The van der Waals surface area contributed by atoms with Crippen molar-refractivity contribution in [1.82, 2.24) is 9.78 Å². The Morgan fingerprint density at radius 1 is 1.31 bits per heavy atom. The molecule has 13 heavy (non-hydrogen) atoms. The number of halogens is 1. The van der Waals surface area contributed by atoms with E-state index in [0.717, 1.165) is 16.4 Å². The second-order valence-electron chi connectivity index (χ2n) is 2.86. The number of hydrogen-bond acceptors (Lipinski definition) is 1. The summed E-state index contributed by atoms with van der Waals surface area (Å²) in [6.45, 7) is 2.01. The molecule has 0 saturated carbocycles. The molecule has 2 nitrogen and oxygen atoms in total. The normalized spacial score (nSPS) is 10.3. The lowest BCUT2D eigenvalue weighted by atomic mass is 10.3. The molecular formula is C10H9ClN2. The summed E-state index contributed by atoms with van der Waals surface area (Å²) in [5.41, 5.74) is 2.09. The monoisotopic (exact) mass is 192 g/mol. The van der Waals surface area contributed by atoms with E-state index >= 15 is 0 Å². The second-order valence-corrected chi connectivity index (χ2v) is 3.30. The average molecular weight is 193 g/mol. The van der Waals surface area contributed by atoms with E-state index in [0.29, 0.717) is 0 Å². The van der Waals surface area contributed by atoms with Gasteiger partial charge in [-0.1, -0.05) is 17.7 Å². The van der Waals surface area contributed by atoms with Crippen molar-refractivity contribution < 1.29 is 0 Å². The van der Waals surface area contributed by atoms with Crippen molar-refractivity contribution in [3.63, 3.8) is 0 Å². The Bertz CT molecular complexity index is 420. The largest absolute Gasteiger partial charge is 0.238 e. The van der Waals surface area contributed by atoms with E-state index in [-0.39, 0.29) is 0 Å². The van der Waals surface area contributed by atoms with E-state index in [2.05, 4.69) is 5.10 Å². The zero-order valence-corrected chi connectivity index (χ0v) is 7.99. The molecule has 0 saturated heterocycles. The maximum absolute atomic E-state index is 5.87.